The van der Waals surface area contributed by atoms with Crippen LogP contribution in [0.4, 0.5) is 0 Å². The molecule has 244 valence electrons. The number of fused-ring (bicyclic) bond motifs is 9. The monoisotopic (exact) mass is 655 g/mol. The van der Waals surface area contributed by atoms with Crippen molar-refractivity contribution < 1.29 is 0 Å². The molecule has 0 amide bonds. The summed E-state index contributed by atoms with van der Waals surface area (Å²) in [5.41, 5.74) is 17.8. The number of hydrogen-bond donors (Lipinski definition) is 1. The van der Waals surface area contributed by atoms with Gasteiger partial charge in [0.2, 0.25) is 0 Å². The van der Waals surface area contributed by atoms with Crippen LogP contribution in [0.1, 0.15) is 41.7 Å². The van der Waals surface area contributed by atoms with Gasteiger partial charge in [0, 0.05) is 21.9 Å². The Bertz CT molecular complexity index is 2690. The Labute approximate surface area is 298 Å². The molecule has 0 saturated carbocycles. The minimum Gasteiger partial charge on any atom is -0.383 e. The first-order valence-corrected chi connectivity index (χ1v) is 17.6. The summed E-state index contributed by atoms with van der Waals surface area (Å²) in [5.74, 6) is 1.06. The van der Waals surface area contributed by atoms with Gasteiger partial charge >= 0.3 is 0 Å². The van der Waals surface area contributed by atoms with Crippen molar-refractivity contribution in [1.29, 1.82) is 0 Å². The molecule has 0 spiro atoms. The van der Waals surface area contributed by atoms with Crippen molar-refractivity contribution in [2.75, 3.05) is 0 Å². The van der Waals surface area contributed by atoms with Gasteiger partial charge in [-0.05, 0) is 78.0 Å². The zero-order valence-electron chi connectivity index (χ0n) is 28.8. The smallest absolute Gasteiger partial charge is 0.157 e. The average Bonchev–Trinajstić information content (AvgIpc) is 3.42. The molecule has 1 aliphatic rings. The zero-order chi connectivity index (χ0) is 34.5. The highest BCUT2D eigenvalue weighted by Gasteiger charge is 2.35. The number of benzene rings is 8. The van der Waals surface area contributed by atoms with E-state index in [2.05, 4.69) is 129 Å². The number of aliphatic imine (C=N–C) groups is 2. The van der Waals surface area contributed by atoms with E-state index in [0.29, 0.717) is 18.2 Å². The van der Waals surface area contributed by atoms with Crippen LogP contribution in [-0.4, -0.2) is 11.7 Å². The van der Waals surface area contributed by atoms with E-state index >= 15 is 0 Å². The fraction of sp³-hybridized carbons (Fsp3) is 0.0833. The van der Waals surface area contributed by atoms with E-state index in [1.807, 2.05) is 48.5 Å². The van der Waals surface area contributed by atoms with Gasteiger partial charge in [0.15, 0.2) is 5.84 Å². The van der Waals surface area contributed by atoms with Crippen molar-refractivity contribution >= 4 is 44.0 Å². The van der Waals surface area contributed by atoms with Crippen molar-refractivity contribution in [2.24, 2.45) is 15.7 Å². The first-order chi connectivity index (χ1) is 25.0. The number of amidine groups is 2. The summed E-state index contributed by atoms with van der Waals surface area (Å²) in [6.07, 6.45) is 0. The molecule has 8 aromatic rings. The van der Waals surface area contributed by atoms with E-state index in [-0.39, 0.29) is 5.41 Å². The molecule has 0 heterocycles. The minimum absolute atomic E-state index is 0.0204. The standard InChI is InChI=1S/C48H37N3/c1-48(2)43-23-12-11-20-37(43)42-29-34(25-27-44(42)48)33-24-26-39-41(28-33)36-19-10-9-18-35(36)38-21-13-22-40(45(38)39)46(49)51-47(32-16-7-4-8-17-32)50-30-31-14-5-3-6-15-31/h3-29H,30H2,1-2H3,(H2,49,50,51). The Morgan fingerprint density at radius 1 is 0.529 bits per heavy atom. The summed E-state index contributed by atoms with van der Waals surface area (Å²) in [6.45, 7) is 5.17. The molecule has 8 aromatic carbocycles. The fourth-order valence-electron chi connectivity index (χ4n) is 8.00. The molecular formula is C48H37N3. The van der Waals surface area contributed by atoms with E-state index in [9.17, 15) is 0 Å². The molecule has 0 bridgehead atoms. The lowest BCUT2D eigenvalue weighted by atomic mass is 9.82. The summed E-state index contributed by atoms with van der Waals surface area (Å²) < 4.78 is 0. The summed E-state index contributed by atoms with van der Waals surface area (Å²) in [7, 11) is 0. The molecule has 0 radical (unpaired) electrons. The normalized spacial score (nSPS) is 13.8. The molecule has 9 rings (SSSR count). The second kappa shape index (κ2) is 12.2. The number of hydrogen-bond acceptors (Lipinski definition) is 1. The highest BCUT2D eigenvalue weighted by molar-refractivity contribution is 6.30. The third kappa shape index (κ3) is 5.21. The van der Waals surface area contributed by atoms with Gasteiger partial charge in [-0.25, -0.2) is 4.99 Å². The molecule has 2 N–H and O–H groups in total. The van der Waals surface area contributed by atoms with Crippen LogP contribution in [0.25, 0.3) is 54.6 Å². The van der Waals surface area contributed by atoms with Gasteiger partial charge < -0.3 is 5.73 Å². The Balaban J connectivity index is 1.22. The minimum atomic E-state index is -0.0204. The molecule has 0 aliphatic heterocycles. The second-order valence-electron chi connectivity index (χ2n) is 14.0. The lowest BCUT2D eigenvalue weighted by molar-refractivity contribution is 0.660. The molecular weight excluding hydrogens is 619 g/mol. The summed E-state index contributed by atoms with van der Waals surface area (Å²) in [5, 5.41) is 7.00. The van der Waals surface area contributed by atoms with E-state index in [1.54, 1.807) is 0 Å². The van der Waals surface area contributed by atoms with E-state index < -0.39 is 0 Å². The molecule has 1 aliphatic carbocycles. The van der Waals surface area contributed by atoms with Gasteiger partial charge in [-0.3, -0.25) is 4.99 Å². The maximum atomic E-state index is 7.01. The SMILES string of the molecule is CC1(C)c2ccccc2-c2cc(-c3ccc4c(c3)c3ccccc3c3cccc(C(N)=NC(=NCc5ccccc5)c5ccccc5)c34)ccc21. The van der Waals surface area contributed by atoms with Gasteiger partial charge in [-0.2, -0.15) is 0 Å². The van der Waals surface area contributed by atoms with Gasteiger partial charge in [0.05, 0.1) is 6.54 Å². The number of nitrogens with two attached hydrogens (primary N) is 1. The molecule has 3 heteroatoms. The van der Waals surface area contributed by atoms with Crippen LogP contribution in [0.5, 0.6) is 0 Å². The molecule has 3 nitrogen and oxygen atoms in total. The van der Waals surface area contributed by atoms with Crippen LogP contribution < -0.4 is 5.73 Å². The van der Waals surface area contributed by atoms with Crippen molar-refractivity contribution in [2.45, 2.75) is 25.8 Å². The predicted molar refractivity (Wildman–Crippen MR) is 216 cm³/mol. The molecule has 0 fully saturated rings. The third-order valence-corrected chi connectivity index (χ3v) is 10.6. The maximum Gasteiger partial charge on any atom is 0.157 e. The van der Waals surface area contributed by atoms with Gasteiger partial charge in [-0.1, -0.05) is 166 Å². The molecule has 0 atom stereocenters. The summed E-state index contributed by atoms with van der Waals surface area (Å²) in [4.78, 5) is 10.0. The highest BCUT2D eigenvalue weighted by Crippen LogP contribution is 2.49. The predicted octanol–water partition coefficient (Wildman–Crippen LogP) is 11.5. The Morgan fingerprint density at radius 3 is 1.94 bits per heavy atom. The largest absolute Gasteiger partial charge is 0.383 e. The molecule has 0 saturated heterocycles. The quantitative estimate of drug-likeness (QED) is 0.112. The number of nitrogens with zero attached hydrogens (tertiary/aromatic N) is 2. The fourth-order valence-corrected chi connectivity index (χ4v) is 8.00. The van der Waals surface area contributed by atoms with Crippen LogP contribution in [-0.2, 0) is 12.0 Å². The second-order valence-corrected chi connectivity index (χ2v) is 14.0. The van der Waals surface area contributed by atoms with Crippen molar-refractivity contribution in [1.82, 2.24) is 0 Å². The van der Waals surface area contributed by atoms with Gasteiger partial charge in [0.1, 0.15) is 5.84 Å². The lowest BCUT2D eigenvalue weighted by Crippen LogP contribution is -2.17. The molecule has 0 aromatic heterocycles. The van der Waals surface area contributed by atoms with E-state index in [1.165, 1.54) is 49.5 Å². The van der Waals surface area contributed by atoms with Crippen molar-refractivity contribution in [3.63, 3.8) is 0 Å². The topological polar surface area (TPSA) is 50.7 Å². The van der Waals surface area contributed by atoms with Crippen LogP contribution in [0.15, 0.2) is 174 Å². The van der Waals surface area contributed by atoms with Crippen LogP contribution >= 0.6 is 0 Å². The summed E-state index contributed by atoms with van der Waals surface area (Å²) in [6, 6.07) is 58.1. The summed E-state index contributed by atoms with van der Waals surface area (Å²) >= 11 is 0. The lowest BCUT2D eigenvalue weighted by Gasteiger charge is -2.21. The van der Waals surface area contributed by atoms with Crippen LogP contribution in [0, 0.1) is 0 Å². The van der Waals surface area contributed by atoms with Crippen molar-refractivity contribution in [3.8, 4) is 22.3 Å². The van der Waals surface area contributed by atoms with Gasteiger partial charge in [0.25, 0.3) is 0 Å². The molecule has 0 unspecified atom stereocenters. The van der Waals surface area contributed by atoms with Crippen LogP contribution in [0.3, 0.4) is 0 Å². The number of rotatable bonds is 5. The van der Waals surface area contributed by atoms with E-state index in [4.69, 9.17) is 15.7 Å². The Morgan fingerprint density at radius 2 is 1.14 bits per heavy atom. The third-order valence-electron chi connectivity index (χ3n) is 10.6. The first kappa shape index (κ1) is 30.7. The molecule has 51 heavy (non-hydrogen) atoms. The van der Waals surface area contributed by atoms with E-state index in [0.717, 1.165) is 32.8 Å². The van der Waals surface area contributed by atoms with Crippen LogP contribution in [0.2, 0.25) is 0 Å². The Hall–Kier alpha value is -6.32. The zero-order valence-corrected chi connectivity index (χ0v) is 28.8. The average molecular weight is 656 g/mol. The first-order valence-electron chi connectivity index (χ1n) is 17.6. The highest BCUT2D eigenvalue weighted by atomic mass is 15.0. The maximum absolute atomic E-state index is 7.01. The Kier molecular flexibility index (Phi) is 7.36. The van der Waals surface area contributed by atoms with Crippen molar-refractivity contribution in [3.05, 3.63) is 192 Å². The van der Waals surface area contributed by atoms with Gasteiger partial charge in [-0.15, -0.1) is 0 Å².